The number of nitrogens with zero attached hydrogens (tertiary/aromatic N) is 2. The van der Waals surface area contributed by atoms with Crippen LogP contribution in [0, 0.1) is 18.8 Å². The number of hydrogen-bond donors (Lipinski definition) is 2. The lowest BCUT2D eigenvalue weighted by molar-refractivity contribution is -0.138. The Labute approximate surface area is 167 Å². The molecule has 1 fully saturated rings. The maximum atomic E-state index is 12.5. The molecule has 0 aromatic heterocycles. The minimum atomic E-state index is -0.767. The van der Waals surface area contributed by atoms with E-state index < -0.39 is 5.97 Å². The lowest BCUT2D eigenvalue weighted by Crippen LogP contribution is -2.50. The fourth-order valence-electron chi connectivity index (χ4n) is 4.32. The summed E-state index contributed by atoms with van der Waals surface area (Å²) in [6, 6.07) is 6.52. The van der Waals surface area contributed by atoms with Crippen LogP contribution >= 0.6 is 0 Å². The Morgan fingerprint density at radius 1 is 1.32 bits per heavy atom. The normalized spacial score (nSPS) is 21.9. The molecule has 0 spiro atoms. The van der Waals surface area contributed by atoms with Crippen LogP contribution < -0.4 is 5.32 Å². The summed E-state index contributed by atoms with van der Waals surface area (Å²) in [7, 11) is 0. The number of nitrogens with one attached hydrogen (secondary N) is 1. The molecule has 2 aliphatic heterocycles. The van der Waals surface area contributed by atoms with E-state index >= 15 is 0 Å². The lowest BCUT2D eigenvalue weighted by atomic mass is 9.78. The number of carbonyl (C=O) groups is 2. The number of amides is 2. The van der Waals surface area contributed by atoms with Gasteiger partial charge < -0.3 is 15.3 Å². The Hall–Kier alpha value is -2.37. The van der Waals surface area contributed by atoms with Crippen LogP contribution in [0.4, 0.5) is 4.79 Å². The number of carboxylic acid groups (broad SMARTS) is 1. The van der Waals surface area contributed by atoms with Crippen molar-refractivity contribution in [2.24, 2.45) is 16.8 Å². The average molecular weight is 386 g/mol. The van der Waals surface area contributed by atoms with Gasteiger partial charge in [-0.05, 0) is 69.1 Å². The molecule has 1 saturated heterocycles. The number of carboxylic acids is 1. The van der Waals surface area contributed by atoms with E-state index in [4.69, 9.17) is 4.99 Å². The van der Waals surface area contributed by atoms with Crippen LogP contribution in [0.25, 0.3) is 0 Å². The number of aryl methyl sites for hydroxylation is 1. The topological polar surface area (TPSA) is 82.0 Å². The number of fused-ring (bicyclic) bond motifs is 1. The maximum absolute atomic E-state index is 12.5. The molecule has 1 aromatic carbocycles. The molecule has 2 N–H and O–H groups in total. The Morgan fingerprint density at radius 3 is 2.82 bits per heavy atom. The first kappa shape index (κ1) is 20.4. The number of urea groups is 1. The van der Waals surface area contributed by atoms with Gasteiger partial charge in [-0.1, -0.05) is 17.7 Å². The molecule has 6 nitrogen and oxygen atoms in total. The van der Waals surface area contributed by atoms with Crippen molar-refractivity contribution in [3.8, 4) is 0 Å². The van der Waals surface area contributed by atoms with Crippen LogP contribution in [0.2, 0.25) is 0 Å². The van der Waals surface area contributed by atoms with Crippen LogP contribution in [0.3, 0.4) is 0 Å². The minimum Gasteiger partial charge on any atom is -0.481 e. The van der Waals surface area contributed by atoms with Crippen molar-refractivity contribution in [2.45, 2.75) is 52.5 Å². The first-order valence-corrected chi connectivity index (χ1v) is 10.2. The van der Waals surface area contributed by atoms with Crippen molar-refractivity contribution in [3.05, 3.63) is 34.9 Å². The fourth-order valence-corrected chi connectivity index (χ4v) is 4.32. The predicted molar refractivity (Wildman–Crippen MR) is 110 cm³/mol. The third-order valence-electron chi connectivity index (χ3n) is 5.74. The van der Waals surface area contributed by atoms with Gasteiger partial charge in [0.15, 0.2) is 0 Å². The van der Waals surface area contributed by atoms with Gasteiger partial charge in [0, 0.05) is 37.8 Å². The number of likely N-dealkylation sites (tertiary alicyclic amines) is 1. The Kier molecular flexibility index (Phi) is 6.37. The van der Waals surface area contributed by atoms with Crippen LogP contribution in [0.15, 0.2) is 23.2 Å². The van der Waals surface area contributed by atoms with Crippen LogP contribution in [0.1, 0.15) is 49.8 Å². The standard InChI is InChI=1S/C22H31N3O3/c1-14(2)24-22(28)25-9-7-17(12-21(26)27)18(13-25)11-20-19-10-15(3)4-5-16(19)6-8-23-20/h4-5,10,14,17-18H,6-9,11-13H2,1-3H3,(H,24,28)(H,26,27)/t17-,18-/m0/s1. The molecule has 0 unspecified atom stereocenters. The van der Waals surface area contributed by atoms with Crippen LogP contribution in [-0.2, 0) is 11.2 Å². The molecule has 3 rings (SSSR count). The van der Waals surface area contributed by atoms with E-state index in [1.54, 1.807) is 0 Å². The van der Waals surface area contributed by atoms with Gasteiger partial charge in [-0.3, -0.25) is 9.79 Å². The van der Waals surface area contributed by atoms with E-state index in [0.717, 1.165) is 31.5 Å². The quantitative estimate of drug-likeness (QED) is 0.816. The highest BCUT2D eigenvalue weighted by atomic mass is 16.4. The molecule has 2 atom stereocenters. The number of rotatable bonds is 5. The first-order valence-electron chi connectivity index (χ1n) is 10.2. The van der Waals surface area contributed by atoms with Crippen molar-refractivity contribution >= 4 is 17.7 Å². The predicted octanol–water partition coefficient (Wildman–Crippen LogP) is 3.26. The average Bonchev–Trinajstić information content (AvgIpc) is 2.62. The molecular formula is C22H31N3O3. The van der Waals surface area contributed by atoms with Crippen molar-refractivity contribution in [2.75, 3.05) is 19.6 Å². The number of benzene rings is 1. The van der Waals surface area contributed by atoms with Gasteiger partial charge in [-0.2, -0.15) is 0 Å². The monoisotopic (exact) mass is 385 g/mol. The summed E-state index contributed by atoms with van der Waals surface area (Å²) in [4.78, 5) is 30.5. The second kappa shape index (κ2) is 8.76. The molecule has 6 heteroatoms. The molecular weight excluding hydrogens is 354 g/mol. The molecule has 2 aliphatic rings. The van der Waals surface area contributed by atoms with E-state index in [9.17, 15) is 14.7 Å². The van der Waals surface area contributed by atoms with Crippen molar-refractivity contribution in [1.82, 2.24) is 10.2 Å². The second-order valence-corrected chi connectivity index (χ2v) is 8.40. The molecule has 0 aliphatic carbocycles. The Balaban J connectivity index is 1.79. The summed E-state index contributed by atoms with van der Waals surface area (Å²) >= 11 is 0. The van der Waals surface area contributed by atoms with E-state index in [2.05, 4.69) is 30.4 Å². The fraction of sp³-hybridized carbons (Fsp3) is 0.591. The summed E-state index contributed by atoms with van der Waals surface area (Å²) in [5, 5.41) is 12.3. The largest absolute Gasteiger partial charge is 0.481 e. The number of hydrogen-bond acceptors (Lipinski definition) is 3. The number of aliphatic carboxylic acids is 1. The molecule has 28 heavy (non-hydrogen) atoms. The summed E-state index contributed by atoms with van der Waals surface area (Å²) in [6.07, 6.45) is 2.54. The van der Waals surface area contributed by atoms with E-state index in [-0.39, 0.29) is 30.3 Å². The van der Waals surface area contributed by atoms with E-state index in [1.165, 1.54) is 16.7 Å². The highest BCUT2D eigenvalue weighted by Crippen LogP contribution is 2.32. The number of aliphatic imine (C=N–C) groups is 1. The highest BCUT2D eigenvalue weighted by molar-refractivity contribution is 6.03. The second-order valence-electron chi connectivity index (χ2n) is 8.40. The zero-order chi connectivity index (χ0) is 20.3. The Bertz CT molecular complexity index is 772. The molecule has 2 amide bonds. The summed E-state index contributed by atoms with van der Waals surface area (Å²) in [6.45, 7) is 7.94. The minimum absolute atomic E-state index is 0.0596. The van der Waals surface area contributed by atoms with Gasteiger partial charge in [0.1, 0.15) is 0 Å². The van der Waals surface area contributed by atoms with Gasteiger partial charge in [-0.15, -0.1) is 0 Å². The third-order valence-corrected chi connectivity index (χ3v) is 5.74. The SMILES string of the molecule is Cc1ccc2c(c1)C(C[C@H]1CN(C(=O)NC(C)C)CC[C@H]1CC(=O)O)=NCC2. The van der Waals surface area contributed by atoms with E-state index in [0.29, 0.717) is 13.1 Å². The van der Waals surface area contributed by atoms with Crippen LogP contribution in [-0.4, -0.2) is 53.4 Å². The first-order chi connectivity index (χ1) is 13.3. The molecule has 0 radical (unpaired) electrons. The van der Waals surface area contributed by atoms with Crippen molar-refractivity contribution < 1.29 is 14.7 Å². The molecule has 0 saturated carbocycles. The van der Waals surface area contributed by atoms with Gasteiger partial charge in [-0.25, -0.2) is 4.79 Å². The van der Waals surface area contributed by atoms with Crippen molar-refractivity contribution in [1.29, 1.82) is 0 Å². The third kappa shape index (κ3) is 4.91. The molecule has 0 bridgehead atoms. The number of piperidine rings is 1. The maximum Gasteiger partial charge on any atom is 0.317 e. The smallest absolute Gasteiger partial charge is 0.317 e. The Morgan fingerprint density at radius 2 is 2.11 bits per heavy atom. The van der Waals surface area contributed by atoms with Gasteiger partial charge in [0.2, 0.25) is 0 Å². The zero-order valence-corrected chi connectivity index (χ0v) is 17.1. The number of carbonyl (C=O) groups excluding carboxylic acids is 1. The molecule has 2 heterocycles. The van der Waals surface area contributed by atoms with Crippen LogP contribution in [0.5, 0.6) is 0 Å². The molecule has 1 aromatic rings. The van der Waals surface area contributed by atoms with Gasteiger partial charge in [0.05, 0.1) is 0 Å². The van der Waals surface area contributed by atoms with Crippen molar-refractivity contribution in [3.63, 3.8) is 0 Å². The summed E-state index contributed by atoms with van der Waals surface area (Å²) in [5.41, 5.74) is 4.79. The highest BCUT2D eigenvalue weighted by Gasteiger charge is 2.34. The molecule has 152 valence electrons. The van der Waals surface area contributed by atoms with Gasteiger partial charge >= 0.3 is 12.0 Å². The zero-order valence-electron chi connectivity index (χ0n) is 17.1. The summed E-state index contributed by atoms with van der Waals surface area (Å²) in [5.74, 6) is -0.594. The van der Waals surface area contributed by atoms with Gasteiger partial charge in [0.25, 0.3) is 0 Å². The van der Waals surface area contributed by atoms with E-state index in [1.807, 2.05) is 18.7 Å². The summed E-state index contributed by atoms with van der Waals surface area (Å²) < 4.78 is 0. The lowest BCUT2D eigenvalue weighted by Gasteiger charge is -2.39.